The quantitative estimate of drug-likeness (QED) is 0.526. The molecule has 0 aliphatic heterocycles. The van der Waals surface area contributed by atoms with E-state index in [4.69, 9.17) is 9.84 Å². The number of ether oxygens (including phenoxy) is 1. The van der Waals surface area contributed by atoms with Crippen LogP contribution < -0.4 is 10.4 Å². The molecule has 1 aromatic heterocycles. The molecule has 8 nitrogen and oxygen atoms in total. The summed E-state index contributed by atoms with van der Waals surface area (Å²) in [5.41, 5.74) is -0.399. The highest BCUT2D eigenvalue weighted by molar-refractivity contribution is 5.23. The molecule has 0 saturated heterocycles. The van der Waals surface area contributed by atoms with E-state index in [-0.39, 0.29) is 18.2 Å². The molecule has 0 fully saturated rings. The Morgan fingerprint density at radius 2 is 2.22 bits per heavy atom. The number of aliphatic hydroxyl groups excluding tert-OH is 3. The van der Waals surface area contributed by atoms with Gasteiger partial charge in [-0.3, -0.25) is 4.57 Å². The fourth-order valence-electron chi connectivity index (χ4n) is 1.85. The first-order valence-corrected chi connectivity index (χ1v) is 5.25. The molecule has 98 valence electrons. The van der Waals surface area contributed by atoms with Crippen molar-refractivity contribution in [3.63, 3.8) is 0 Å². The molecule has 1 aliphatic carbocycles. The van der Waals surface area contributed by atoms with Gasteiger partial charge in [0, 0.05) is 0 Å². The van der Waals surface area contributed by atoms with Crippen LogP contribution in [0.25, 0.3) is 0 Å². The molecule has 0 radical (unpaired) electrons. The fourth-order valence-corrected chi connectivity index (χ4v) is 1.85. The van der Waals surface area contributed by atoms with E-state index >= 15 is 0 Å². The lowest BCUT2D eigenvalue weighted by atomic mass is 10.1. The van der Waals surface area contributed by atoms with Gasteiger partial charge in [-0.05, 0) is 5.57 Å². The summed E-state index contributed by atoms with van der Waals surface area (Å²) in [7, 11) is 1.33. The molecule has 1 heterocycles. The zero-order valence-electron chi connectivity index (χ0n) is 9.59. The molecular weight excluding hydrogens is 242 g/mol. The summed E-state index contributed by atoms with van der Waals surface area (Å²) in [5.74, 6) is 0. The zero-order valence-corrected chi connectivity index (χ0v) is 9.59. The third-order valence-electron chi connectivity index (χ3n) is 2.83. The van der Waals surface area contributed by atoms with Crippen molar-refractivity contribution >= 4 is 0 Å². The second-order valence-electron chi connectivity index (χ2n) is 3.86. The molecule has 0 bridgehead atoms. The average Bonchev–Trinajstić information content (AvgIpc) is 2.66. The fraction of sp³-hybridized carbons (Fsp3) is 0.500. The van der Waals surface area contributed by atoms with E-state index in [2.05, 4.69) is 9.97 Å². The van der Waals surface area contributed by atoms with Crippen molar-refractivity contribution in [3.05, 3.63) is 28.5 Å². The number of aromatic nitrogens is 3. The smallest absolute Gasteiger partial charge is 0.354 e. The van der Waals surface area contributed by atoms with Crippen LogP contribution >= 0.6 is 0 Å². The Balaban J connectivity index is 2.38. The van der Waals surface area contributed by atoms with Gasteiger partial charge in [0.15, 0.2) is 0 Å². The summed E-state index contributed by atoms with van der Waals surface area (Å²) in [6.07, 6.45) is 0.175. The maximum Gasteiger partial charge on any atom is 0.354 e. The number of methoxy groups -OCH3 is 1. The van der Waals surface area contributed by atoms with Crippen molar-refractivity contribution in [2.24, 2.45) is 0 Å². The van der Waals surface area contributed by atoms with Crippen molar-refractivity contribution in [1.29, 1.82) is 0 Å². The molecule has 18 heavy (non-hydrogen) atoms. The van der Waals surface area contributed by atoms with Crippen LogP contribution in [0.2, 0.25) is 0 Å². The van der Waals surface area contributed by atoms with Gasteiger partial charge in [-0.25, -0.2) is 4.79 Å². The Bertz CT molecular complexity index is 526. The highest BCUT2D eigenvalue weighted by atomic mass is 16.5. The minimum atomic E-state index is -1.22. The summed E-state index contributed by atoms with van der Waals surface area (Å²) >= 11 is 0. The Morgan fingerprint density at radius 1 is 1.50 bits per heavy atom. The Labute approximate surface area is 102 Å². The maximum absolute atomic E-state index is 11.7. The van der Waals surface area contributed by atoms with Gasteiger partial charge < -0.3 is 20.1 Å². The van der Waals surface area contributed by atoms with Gasteiger partial charge in [0.1, 0.15) is 18.5 Å². The molecular formula is C10H13N3O5. The zero-order chi connectivity index (χ0) is 13.3. The molecule has 1 aliphatic rings. The highest BCUT2D eigenvalue weighted by Crippen LogP contribution is 2.27. The van der Waals surface area contributed by atoms with Crippen molar-refractivity contribution in [1.82, 2.24) is 14.5 Å². The van der Waals surface area contributed by atoms with E-state index in [1.807, 2.05) is 0 Å². The summed E-state index contributed by atoms with van der Waals surface area (Å²) in [4.78, 5) is 19.0. The second-order valence-corrected chi connectivity index (χ2v) is 3.86. The maximum atomic E-state index is 11.7. The largest absolute Gasteiger partial charge is 0.467 e. The van der Waals surface area contributed by atoms with Gasteiger partial charge >= 0.3 is 11.7 Å². The molecule has 3 N–H and O–H groups in total. The van der Waals surface area contributed by atoms with Crippen LogP contribution in [0.1, 0.15) is 6.04 Å². The van der Waals surface area contributed by atoms with E-state index < -0.39 is 23.9 Å². The van der Waals surface area contributed by atoms with Crippen molar-refractivity contribution < 1.29 is 20.1 Å². The van der Waals surface area contributed by atoms with Crippen LogP contribution in [0.15, 0.2) is 22.8 Å². The number of rotatable bonds is 3. The van der Waals surface area contributed by atoms with Gasteiger partial charge in [0.05, 0.1) is 19.8 Å². The van der Waals surface area contributed by atoms with Crippen LogP contribution in [-0.4, -0.2) is 55.8 Å². The topological polar surface area (TPSA) is 118 Å². The Kier molecular flexibility index (Phi) is 3.41. The average molecular weight is 255 g/mol. The summed E-state index contributed by atoms with van der Waals surface area (Å²) in [6, 6.07) is -0.879. The van der Waals surface area contributed by atoms with Crippen LogP contribution in [0.3, 0.4) is 0 Å². The minimum absolute atomic E-state index is 0.0735. The summed E-state index contributed by atoms with van der Waals surface area (Å²) < 4.78 is 5.77. The number of nitrogens with zero attached hydrogens (tertiary/aromatic N) is 3. The van der Waals surface area contributed by atoms with Gasteiger partial charge in [-0.1, -0.05) is 6.08 Å². The molecule has 3 unspecified atom stereocenters. The monoisotopic (exact) mass is 255 g/mol. The molecule has 0 saturated carbocycles. The van der Waals surface area contributed by atoms with Gasteiger partial charge in [0.25, 0.3) is 0 Å². The number of aliphatic hydroxyl groups is 3. The van der Waals surface area contributed by atoms with Gasteiger partial charge in [-0.2, -0.15) is 4.98 Å². The Morgan fingerprint density at radius 3 is 2.72 bits per heavy atom. The lowest BCUT2D eigenvalue weighted by molar-refractivity contribution is 0.0268. The SMILES string of the molecule is COc1ncn(C2C=C(CO)C(O)C2O)c(=O)n1. The van der Waals surface area contributed by atoms with E-state index in [1.165, 1.54) is 19.5 Å². The van der Waals surface area contributed by atoms with E-state index in [0.717, 1.165) is 4.57 Å². The summed E-state index contributed by atoms with van der Waals surface area (Å²) in [5, 5.41) is 28.4. The third-order valence-corrected chi connectivity index (χ3v) is 2.83. The van der Waals surface area contributed by atoms with E-state index in [1.54, 1.807) is 0 Å². The normalized spacial score (nSPS) is 27.1. The molecule has 2 rings (SSSR count). The van der Waals surface area contributed by atoms with E-state index in [9.17, 15) is 15.0 Å². The lowest BCUT2D eigenvalue weighted by Gasteiger charge is -2.18. The van der Waals surface area contributed by atoms with E-state index in [0.29, 0.717) is 0 Å². The Hall–Kier alpha value is -1.77. The van der Waals surface area contributed by atoms with Crippen molar-refractivity contribution in [3.8, 4) is 6.01 Å². The van der Waals surface area contributed by atoms with Crippen molar-refractivity contribution in [2.75, 3.05) is 13.7 Å². The van der Waals surface area contributed by atoms with Crippen LogP contribution in [-0.2, 0) is 0 Å². The highest BCUT2D eigenvalue weighted by Gasteiger charge is 2.36. The molecule has 8 heteroatoms. The van der Waals surface area contributed by atoms with Gasteiger partial charge in [-0.15, -0.1) is 4.98 Å². The van der Waals surface area contributed by atoms with Crippen LogP contribution in [0, 0.1) is 0 Å². The first-order chi connectivity index (χ1) is 8.58. The third kappa shape index (κ3) is 2.01. The van der Waals surface area contributed by atoms with Crippen LogP contribution in [0.5, 0.6) is 6.01 Å². The number of hydrogen-bond acceptors (Lipinski definition) is 7. The second kappa shape index (κ2) is 4.84. The predicted molar refractivity (Wildman–Crippen MR) is 59.1 cm³/mol. The van der Waals surface area contributed by atoms with Gasteiger partial charge in [0.2, 0.25) is 0 Å². The molecule has 0 spiro atoms. The first kappa shape index (κ1) is 12.7. The lowest BCUT2D eigenvalue weighted by Crippen LogP contribution is -2.35. The van der Waals surface area contributed by atoms with Crippen LogP contribution in [0.4, 0.5) is 0 Å². The molecule has 1 aromatic rings. The molecule has 3 atom stereocenters. The summed E-state index contributed by atoms with van der Waals surface area (Å²) in [6.45, 7) is -0.388. The predicted octanol–water partition coefficient (Wildman–Crippen LogP) is -2.16. The number of hydrogen-bond donors (Lipinski definition) is 3. The first-order valence-electron chi connectivity index (χ1n) is 5.25. The molecule has 0 aromatic carbocycles. The van der Waals surface area contributed by atoms with Crippen molar-refractivity contribution in [2.45, 2.75) is 18.2 Å². The minimum Gasteiger partial charge on any atom is -0.467 e. The molecule has 0 amide bonds. The standard InChI is InChI=1S/C10H13N3O5/c1-18-9-11-4-13(10(17)12-9)6-2-5(3-14)7(15)8(6)16/h2,4,6-8,14-16H,3H2,1H3.